The lowest BCUT2D eigenvalue weighted by molar-refractivity contribution is 0.669. The molecule has 52 heavy (non-hydrogen) atoms. The maximum atomic E-state index is 6.46. The van der Waals surface area contributed by atoms with E-state index in [0.29, 0.717) is 0 Å². The molecule has 0 fully saturated rings. The van der Waals surface area contributed by atoms with Crippen molar-refractivity contribution in [2.75, 3.05) is 4.90 Å². The molecular formula is C48H30N2OS. The summed E-state index contributed by atoms with van der Waals surface area (Å²) < 4.78 is 11.4. The summed E-state index contributed by atoms with van der Waals surface area (Å²) in [6.45, 7) is 0. The van der Waals surface area contributed by atoms with Crippen LogP contribution in [0, 0.1) is 0 Å². The number of benzene rings is 8. The number of hydrogen-bond donors (Lipinski definition) is 0. The topological polar surface area (TPSA) is 21.3 Å². The predicted octanol–water partition coefficient (Wildman–Crippen LogP) is 14.2. The highest BCUT2D eigenvalue weighted by atomic mass is 32.1. The van der Waals surface area contributed by atoms with E-state index in [2.05, 4.69) is 179 Å². The zero-order chi connectivity index (χ0) is 34.2. The standard InChI is InChI=1S/C48H30N2OS/c1-3-12-31(13-4-1)32-22-27-47-41(28-32)40-18-11-20-43(48(40)52-47)49(35-24-26-39-38-17-8-10-21-45(38)51-46(39)30-35)34-23-25-37-36-16-7-9-19-42(36)50(44(37)29-34)33-14-5-2-6-15-33/h1-30H. The molecule has 0 saturated carbocycles. The first-order valence-electron chi connectivity index (χ1n) is 17.6. The second-order valence-electron chi connectivity index (χ2n) is 13.3. The van der Waals surface area contributed by atoms with E-state index < -0.39 is 0 Å². The Labute approximate surface area is 303 Å². The van der Waals surface area contributed by atoms with Crippen molar-refractivity contribution in [3.05, 3.63) is 182 Å². The van der Waals surface area contributed by atoms with E-state index in [1.54, 1.807) is 0 Å². The summed E-state index contributed by atoms with van der Waals surface area (Å²) in [7, 11) is 0. The van der Waals surface area contributed by atoms with Crippen molar-refractivity contribution in [1.82, 2.24) is 4.57 Å². The maximum absolute atomic E-state index is 6.46. The Balaban J connectivity index is 1.18. The lowest BCUT2D eigenvalue weighted by Gasteiger charge is -2.26. The van der Waals surface area contributed by atoms with Gasteiger partial charge in [-0.2, -0.15) is 0 Å². The summed E-state index contributed by atoms with van der Waals surface area (Å²) in [6.07, 6.45) is 0. The van der Waals surface area contributed by atoms with Crippen LogP contribution in [0.1, 0.15) is 0 Å². The molecule has 0 spiro atoms. The summed E-state index contributed by atoms with van der Waals surface area (Å²) >= 11 is 1.85. The molecule has 0 aliphatic heterocycles. The van der Waals surface area contributed by atoms with Crippen LogP contribution in [0.5, 0.6) is 0 Å². The van der Waals surface area contributed by atoms with E-state index in [1.165, 1.54) is 47.6 Å². The molecule has 11 rings (SSSR count). The lowest BCUT2D eigenvalue weighted by Crippen LogP contribution is -2.10. The summed E-state index contributed by atoms with van der Waals surface area (Å²) in [5.74, 6) is 0. The van der Waals surface area contributed by atoms with Crippen molar-refractivity contribution >= 4 is 92.3 Å². The van der Waals surface area contributed by atoms with Gasteiger partial charge in [-0.15, -0.1) is 11.3 Å². The average molecular weight is 683 g/mol. The molecule has 0 amide bonds. The molecule has 0 bridgehead atoms. The van der Waals surface area contributed by atoms with E-state index in [0.717, 1.165) is 50.2 Å². The van der Waals surface area contributed by atoms with Gasteiger partial charge in [-0.25, -0.2) is 0 Å². The minimum absolute atomic E-state index is 0.874. The molecule has 8 aromatic carbocycles. The number of aromatic nitrogens is 1. The number of anilines is 3. The lowest BCUT2D eigenvalue weighted by atomic mass is 10.0. The Hall–Kier alpha value is -6.62. The number of furan rings is 1. The van der Waals surface area contributed by atoms with Gasteiger partial charge in [-0.3, -0.25) is 0 Å². The number of thiophene rings is 1. The van der Waals surface area contributed by atoms with E-state index in [-0.39, 0.29) is 0 Å². The Morgan fingerprint density at radius 1 is 0.423 bits per heavy atom. The number of para-hydroxylation sites is 3. The molecule has 0 atom stereocenters. The molecule has 11 aromatic rings. The zero-order valence-corrected chi connectivity index (χ0v) is 28.8. The Bertz CT molecular complexity index is 3130. The number of hydrogen-bond acceptors (Lipinski definition) is 3. The van der Waals surface area contributed by atoms with E-state index in [1.807, 2.05) is 23.5 Å². The van der Waals surface area contributed by atoms with Crippen LogP contribution in [0.2, 0.25) is 0 Å². The van der Waals surface area contributed by atoms with Crippen molar-refractivity contribution in [1.29, 1.82) is 0 Å². The van der Waals surface area contributed by atoms with Crippen LogP contribution in [0.4, 0.5) is 17.1 Å². The largest absolute Gasteiger partial charge is 0.456 e. The first-order chi connectivity index (χ1) is 25.8. The van der Waals surface area contributed by atoms with Crippen molar-refractivity contribution in [2.45, 2.75) is 0 Å². The molecule has 0 radical (unpaired) electrons. The van der Waals surface area contributed by atoms with Gasteiger partial charge >= 0.3 is 0 Å². The fourth-order valence-corrected chi connectivity index (χ4v) is 9.19. The van der Waals surface area contributed by atoms with Gasteiger partial charge < -0.3 is 13.9 Å². The summed E-state index contributed by atoms with van der Waals surface area (Å²) in [5, 5.41) is 7.24. The highest BCUT2D eigenvalue weighted by Crippen LogP contribution is 2.47. The molecule has 0 aliphatic carbocycles. The van der Waals surface area contributed by atoms with Gasteiger partial charge in [0.05, 0.1) is 21.4 Å². The highest BCUT2D eigenvalue weighted by Gasteiger charge is 2.22. The normalized spacial score (nSPS) is 11.8. The maximum Gasteiger partial charge on any atom is 0.137 e. The van der Waals surface area contributed by atoms with Crippen LogP contribution < -0.4 is 4.90 Å². The van der Waals surface area contributed by atoms with Gasteiger partial charge in [0.15, 0.2) is 0 Å². The number of fused-ring (bicyclic) bond motifs is 9. The predicted molar refractivity (Wildman–Crippen MR) is 221 cm³/mol. The second kappa shape index (κ2) is 11.5. The van der Waals surface area contributed by atoms with Crippen LogP contribution in [0.15, 0.2) is 186 Å². The van der Waals surface area contributed by atoms with Crippen LogP contribution in [-0.2, 0) is 0 Å². The summed E-state index contributed by atoms with van der Waals surface area (Å²) in [6, 6.07) is 65.5. The van der Waals surface area contributed by atoms with Crippen LogP contribution in [0.25, 0.3) is 80.7 Å². The molecular weight excluding hydrogens is 653 g/mol. The molecule has 3 heterocycles. The number of nitrogens with zero attached hydrogens (tertiary/aromatic N) is 2. The quantitative estimate of drug-likeness (QED) is 0.180. The third-order valence-corrected chi connectivity index (χ3v) is 11.6. The van der Waals surface area contributed by atoms with Crippen LogP contribution in [-0.4, -0.2) is 4.57 Å². The second-order valence-corrected chi connectivity index (χ2v) is 14.4. The molecule has 4 heteroatoms. The minimum atomic E-state index is 0.874. The smallest absolute Gasteiger partial charge is 0.137 e. The van der Waals surface area contributed by atoms with Gasteiger partial charge in [0.25, 0.3) is 0 Å². The third-order valence-electron chi connectivity index (χ3n) is 10.4. The van der Waals surface area contributed by atoms with Gasteiger partial charge in [0.1, 0.15) is 11.2 Å². The summed E-state index contributed by atoms with van der Waals surface area (Å²) in [4.78, 5) is 2.41. The average Bonchev–Trinajstić information content (AvgIpc) is 3.88. The molecule has 0 N–H and O–H groups in total. The van der Waals surface area contributed by atoms with E-state index in [4.69, 9.17) is 4.42 Å². The Morgan fingerprint density at radius 3 is 1.96 bits per heavy atom. The van der Waals surface area contributed by atoms with E-state index >= 15 is 0 Å². The molecule has 0 aliphatic rings. The van der Waals surface area contributed by atoms with E-state index in [9.17, 15) is 0 Å². The van der Waals surface area contributed by atoms with Crippen LogP contribution in [0.3, 0.4) is 0 Å². The minimum Gasteiger partial charge on any atom is -0.456 e. The van der Waals surface area contributed by atoms with Gasteiger partial charge in [0, 0.05) is 60.1 Å². The Kier molecular flexibility index (Phi) is 6.42. The van der Waals surface area contributed by atoms with Crippen molar-refractivity contribution in [3.8, 4) is 16.8 Å². The molecule has 0 saturated heterocycles. The highest BCUT2D eigenvalue weighted by molar-refractivity contribution is 7.26. The van der Waals surface area contributed by atoms with Gasteiger partial charge in [0.2, 0.25) is 0 Å². The van der Waals surface area contributed by atoms with Crippen LogP contribution >= 0.6 is 11.3 Å². The monoisotopic (exact) mass is 682 g/mol. The molecule has 0 unspecified atom stereocenters. The Morgan fingerprint density at radius 2 is 1.10 bits per heavy atom. The van der Waals surface area contributed by atoms with Crippen molar-refractivity contribution < 1.29 is 4.42 Å². The first kappa shape index (κ1) is 29.1. The van der Waals surface area contributed by atoms with Crippen molar-refractivity contribution in [2.24, 2.45) is 0 Å². The molecule has 244 valence electrons. The SMILES string of the molecule is c1ccc(-c2ccc3sc4c(N(c5ccc6c(c5)oc5ccccc56)c5ccc6c7ccccc7n(-c7ccccc7)c6c5)cccc4c3c2)cc1. The zero-order valence-electron chi connectivity index (χ0n) is 28.0. The molecule has 3 nitrogen and oxygen atoms in total. The van der Waals surface area contributed by atoms with Crippen molar-refractivity contribution in [3.63, 3.8) is 0 Å². The summed E-state index contributed by atoms with van der Waals surface area (Å²) in [5.41, 5.74) is 11.0. The first-order valence-corrected chi connectivity index (χ1v) is 18.4. The third kappa shape index (κ3) is 4.45. The molecule has 3 aromatic heterocycles. The fourth-order valence-electron chi connectivity index (χ4n) is 8.00. The van der Waals surface area contributed by atoms with Gasteiger partial charge in [-0.1, -0.05) is 109 Å². The fraction of sp³-hybridized carbons (Fsp3) is 0. The van der Waals surface area contributed by atoms with Gasteiger partial charge in [-0.05, 0) is 77.9 Å². The number of rotatable bonds is 5.